The molecular weight excluding hydrogens is 280 g/mol. The summed E-state index contributed by atoms with van der Waals surface area (Å²) in [6, 6.07) is 0. The Morgan fingerprint density at radius 2 is 1.71 bits per heavy atom. The molecule has 0 rings (SSSR count). The van der Waals surface area contributed by atoms with Crippen molar-refractivity contribution in [1.82, 2.24) is 0 Å². The molecule has 0 aliphatic rings. The Hall–Kier alpha value is -1.17. The van der Waals surface area contributed by atoms with Crippen LogP contribution in [-0.2, 0) is 40.9 Å². The van der Waals surface area contributed by atoms with Crippen LogP contribution in [0.15, 0.2) is 11.8 Å². The monoisotopic (exact) mass is 295 g/mol. The molecule has 0 saturated carbocycles. The maximum Gasteiger partial charge on any atom is 0.336 e. The van der Waals surface area contributed by atoms with Gasteiger partial charge in [-0.3, -0.25) is 9.59 Å². The van der Waals surface area contributed by atoms with Gasteiger partial charge in [0.2, 0.25) is 0 Å². The van der Waals surface area contributed by atoms with Crippen molar-refractivity contribution < 1.29 is 46.4 Å². The van der Waals surface area contributed by atoms with Crippen LogP contribution in [-0.4, -0.2) is 29.8 Å². The van der Waals surface area contributed by atoms with Crippen molar-refractivity contribution in [3.05, 3.63) is 11.8 Å². The number of esters is 2. The van der Waals surface area contributed by atoms with Gasteiger partial charge in [-0.15, -0.1) is 0 Å². The predicted molar refractivity (Wildman–Crippen MR) is 55.4 cm³/mol. The molecule has 0 aliphatic carbocycles. The summed E-state index contributed by atoms with van der Waals surface area (Å²) >= 11 is 0. The molecule has 2 N–H and O–H groups in total. The van der Waals surface area contributed by atoms with Crippen LogP contribution in [0.3, 0.4) is 0 Å². The van der Waals surface area contributed by atoms with Crippen LogP contribution in [0.25, 0.3) is 0 Å². The first-order valence-electron chi connectivity index (χ1n) is 4.50. The third kappa shape index (κ3) is 11.1. The quantitative estimate of drug-likeness (QED) is 0.236. The minimum absolute atomic E-state index is 0. The van der Waals surface area contributed by atoms with Crippen LogP contribution in [0.5, 0.6) is 0 Å². The van der Waals surface area contributed by atoms with Crippen molar-refractivity contribution in [2.75, 3.05) is 6.61 Å². The van der Waals surface area contributed by atoms with E-state index in [0.717, 1.165) is 6.26 Å². The van der Waals surface area contributed by atoms with E-state index < -0.39 is 11.9 Å². The molecule has 6 nitrogen and oxygen atoms in total. The number of Topliss-reactive ketones (excluding diaryl/α,β-unsaturated/α-hetero) is 1. The van der Waals surface area contributed by atoms with E-state index in [-0.39, 0.29) is 46.9 Å². The number of hydrogen-bond donors (Lipinski definition) is 0. The van der Waals surface area contributed by atoms with Crippen molar-refractivity contribution in [2.45, 2.75) is 27.2 Å². The molecule has 0 heterocycles. The summed E-state index contributed by atoms with van der Waals surface area (Å²) in [7, 11) is 0. The number of ketones is 1. The predicted octanol–water partition coefficient (Wildman–Crippen LogP) is 0.148. The van der Waals surface area contributed by atoms with Gasteiger partial charge in [0.25, 0.3) is 0 Å². The van der Waals surface area contributed by atoms with E-state index in [1.165, 1.54) is 13.8 Å². The van der Waals surface area contributed by atoms with Gasteiger partial charge >= 0.3 is 11.9 Å². The standard InChI is InChI=1S/C10H14O5.Cu.H2O/c1-4-14-10(13)7(2)6-15-9(12)5-8(3)11;;/h6H,4-5H2,1-3H3;;1H2. The molecule has 103 valence electrons. The van der Waals surface area contributed by atoms with E-state index in [9.17, 15) is 14.4 Å². The van der Waals surface area contributed by atoms with Gasteiger partial charge < -0.3 is 14.9 Å². The maximum atomic E-state index is 11.0. The molecular formula is C10H16CuO6. The van der Waals surface area contributed by atoms with E-state index in [0.29, 0.717) is 0 Å². The number of carbonyl (C=O) groups excluding carboxylic acids is 3. The minimum atomic E-state index is -0.689. The molecule has 0 unspecified atom stereocenters. The second-order valence-electron chi connectivity index (χ2n) is 2.89. The Labute approximate surface area is 110 Å². The van der Waals surface area contributed by atoms with Gasteiger partial charge in [-0.25, -0.2) is 4.79 Å². The largest absolute Gasteiger partial charge is 0.463 e. The SMILES string of the molecule is CCOC(=O)C(C)=COC(=O)CC(C)=O.O.[Cu]. The smallest absolute Gasteiger partial charge is 0.336 e. The zero-order chi connectivity index (χ0) is 11.8. The number of rotatable bonds is 5. The van der Waals surface area contributed by atoms with Gasteiger partial charge in [-0.1, -0.05) is 0 Å². The first-order chi connectivity index (χ1) is 6.97. The van der Waals surface area contributed by atoms with Crippen LogP contribution in [0.4, 0.5) is 0 Å². The molecule has 0 spiro atoms. The Kier molecular flexibility index (Phi) is 14.1. The summed E-state index contributed by atoms with van der Waals surface area (Å²) in [5.41, 5.74) is 0.175. The third-order valence-electron chi connectivity index (χ3n) is 1.36. The van der Waals surface area contributed by atoms with Gasteiger partial charge in [-0.05, 0) is 20.8 Å². The third-order valence-corrected chi connectivity index (χ3v) is 1.36. The zero-order valence-corrected chi connectivity index (χ0v) is 10.8. The fourth-order valence-electron chi connectivity index (χ4n) is 0.692. The van der Waals surface area contributed by atoms with Crippen LogP contribution in [0.1, 0.15) is 27.2 Å². The van der Waals surface area contributed by atoms with Crippen LogP contribution in [0.2, 0.25) is 0 Å². The zero-order valence-electron chi connectivity index (χ0n) is 9.83. The minimum Gasteiger partial charge on any atom is -0.463 e. The number of hydrogen-bond acceptors (Lipinski definition) is 5. The molecule has 17 heavy (non-hydrogen) atoms. The number of ether oxygens (including phenoxy) is 2. The first kappa shape index (κ1) is 21.1. The second kappa shape index (κ2) is 11.3. The van der Waals surface area contributed by atoms with E-state index in [1.54, 1.807) is 6.92 Å². The van der Waals surface area contributed by atoms with Crippen LogP contribution in [0, 0.1) is 0 Å². The molecule has 7 heteroatoms. The molecule has 0 aromatic heterocycles. The van der Waals surface area contributed by atoms with Gasteiger partial charge in [0, 0.05) is 17.1 Å². The van der Waals surface area contributed by atoms with Crippen molar-refractivity contribution in [1.29, 1.82) is 0 Å². The fraction of sp³-hybridized carbons (Fsp3) is 0.500. The van der Waals surface area contributed by atoms with Gasteiger partial charge in [0.05, 0.1) is 12.2 Å². The Balaban J connectivity index is -0.000000980. The van der Waals surface area contributed by atoms with Crippen molar-refractivity contribution in [3.8, 4) is 0 Å². The second-order valence-corrected chi connectivity index (χ2v) is 2.89. The number of carbonyl (C=O) groups is 3. The van der Waals surface area contributed by atoms with Crippen molar-refractivity contribution in [3.63, 3.8) is 0 Å². The topological polar surface area (TPSA) is 101 Å². The first-order valence-corrected chi connectivity index (χ1v) is 4.50. The average molecular weight is 296 g/mol. The molecule has 0 bridgehead atoms. The molecule has 0 aromatic carbocycles. The van der Waals surface area contributed by atoms with Crippen LogP contribution >= 0.6 is 0 Å². The average Bonchev–Trinajstić information content (AvgIpc) is 2.13. The summed E-state index contributed by atoms with van der Waals surface area (Å²) < 4.78 is 9.21. The molecule has 0 fully saturated rings. The summed E-state index contributed by atoms with van der Waals surface area (Å²) in [5.74, 6) is -1.53. The molecule has 0 atom stereocenters. The van der Waals surface area contributed by atoms with E-state index in [2.05, 4.69) is 9.47 Å². The Morgan fingerprint density at radius 1 is 1.18 bits per heavy atom. The molecule has 0 aromatic rings. The summed E-state index contributed by atoms with van der Waals surface area (Å²) in [5, 5.41) is 0. The van der Waals surface area contributed by atoms with Gasteiger partial charge in [0.1, 0.15) is 18.5 Å². The van der Waals surface area contributed by atoms with Gasteiger partial charge in [0.15, 0.2) is 0 Å². The van der Waals surface area contributed by atoms with E-state index >= 15 is 0 Å². The fourth-order valence-corrected chi connectivity index (χ4v) is 0.692. The molecule has 0 amide bonds. The summed E-state index contributed by atoms with van der Waals surface area (Å²) in [4.78, 5) is 32.4. The molecule has 0 saturated heterocycles. The van der Waals surface area contributed by atoms with Crippen molar-refractivity contribution >= 4 is 17.7 Å². The maximum absolute atomic E-state index is 11.0. The van der Waals surface area contributed by atoms with E-state index in [4.69, 9.17) is 0 Å². The van der Waals surface area contributed by atoms with Gasteiger partial charge in [-0.2, -0.15) is 0 Å². The molecule has 1 radical (unpaired) electrons. The van der Waals surface area contributed by atoms with E-state index in [1.807, 2.05) is 0 Å². The summed E-state index contributed by atoms with van der Waals surface area (Å²) in [6.07, 6.45) is 0.690. The van der Waals surface area contributed by atoms with Crippen LogP contribution < -0.4 is 0 Å². The molecule has 0 aliphatic heterocycles. The van der Waals surface area contributed by atoms with Crippen molar-refractivity contribution in [2.24, 2.45) is 0 Å². The normalized spacial score (nSPS) is 9.47. The Morgan fingerprint density at radius 3 is 2.12 bits per heavy atom. The summed E-state index contributed by atoms with van der Waals surface area (Å²) in [6.45, 7) is 4.67. The Bertz CT molecular complexity index is 297.